The predicted octanol–water partition coefficient (Wildman–Crippen LogP) is 3.61. The molecule has 1 aromatic heterocycles. The van der Waals surface area contributed by atoms with Gasteiger partial charge in [0.1, 0.15) is 0 Å². The van der Waals surface area contributed by atoms with Crippen molar-refractivity contribution in [1.29, 1.82) is 0 Å². The highest BCUT2D eigenvalue weighted by molar-refractivity contribution is 6.05. The lowest BCUT2D eigenvalue weighted by Crippen LogP contribution is -2.60. The van der Waals surface area contributed by atoms with Crippen LogP contribution in [0.15, 0.2) is 54.6 Å². The van der Waals surface area contributed by atoms with Crippen LogP contribution < -0.4 is 5.32 Å². The van der Waals surface area contributed by atoms with Gasteiger partial charge in [0.05, 0.1) is 18.7 Å². The van der Waals surface area contributed by atoms with Crippen LogP contribution in [0.4, 0.5) is 0 Å². The molecule has 1 aliphatic carbocycles. The van der Waals surface area contributed by atoms with Gasteiger partial charge in [-0.2, -0.15) is 5.10 Å². The summed E-state index contributed by atoms with van der Waals surface area (Å²) in [5.74, 6) is 0.666. The number of morpholine rings is 1. The number of carbonyl (C=O) groups excluding carboxylic acids is 1. The second-order valence-electron chi connectivity index (χ2n) is 9.64. The van der Waals surface area contributed by atoms with E-state index in [1.165, 1.54) is 18.4 Å². The lowest BCUT2D eigenvalue weighted by Gasteiger charge is -2.48. The summed E-state index contributed by atoms with van der Waals surface area (Å²) in [6.45, 7) is 3.31. The van der Waals surface area contributed by atoms with Gasteiger partial charge in [0, 0.05) is 36.6 Å². The van der Waals surface area contributed by atoms with Gasteiger partial charge >= 0.3 is 0 Å². The van der Waals surface area contributed by atoms with Crippen LogP contribution in [0.25, 0.3) is 10.9 Å². The van der Waals surface area contributed by atoms with Gasteiger partial charge in [-0.25, -0.2) is 0 Å². The summed E-state index contributed by atoms with van der Waals surface area (Å²) in [4.78, 5) is 15.9. The third-order valence-electron chi connectivity index (χ3n) is 7.22. The van der Waals surface area contributed by atoms with Crippen molar-refractivity contribution in [3.8, 4) is 0 Å². The fourth-order valence-corrected chi connectivity index (χ4v) is 5.39. The van der Waals surface area contributed by atoms with E-state index in [1.807, 2.05) is 22.9 Å². The minimum Gasteiger partial charge on any atom is -0.378 e. The van der Waals surface area contributed by atoms with Crippen molar-refractivity contribution in [2.24, 2.45) is 5.92 Å². The van der Waals surface area contributed by atoms with Crippen molar-refractivity contribution in [2.45, 2.75) is 56.9 Å². The lowest BCUT2D eigenvalue weighted by atomic mass is 9.89. The maximum atomic E-state index is 13.3. The van der Waals surface area contributed by atoms with Crippen LogP contribution in [0.5, 0.6) is 0 Å². The van der Waals surface area contributed by atoms with E-state index in [2.05, 4.69) is 46.6 Å². The van der Waals surface area contributed by atoms with E-state index in [0.29, 0.717) is 23.7 Å². The summed E-state index contributed by atoms with van der Waals surface area (Å²) in [7, 11) is 0. The van der Waals surface area contributed by atoms with Crippen molar-refractivity contribution >= 4 is 16.8 Å². The molecule has 0 unspecified atom stereocenters. The van der Waals surface area contributed by atoms with E-state index >= 15 is 0 Å². The summed E-state index contributed by atoms with van der Waals surface area (Å²) >= 11 is 0. The van der Waals surface area contributed by atoms with E-state index in [0.717, 1.165) is 50.0 Å². The van der Waals surface area contributed by atoms with Crippen LogP contribution in [-0.4, -0.2) is 51.9 Å². The molecule has 2 saturated heterocycles. The first kappa shape index (κ1) is 19.9. The largest absolute Gasteiger partial charge is 0.378 e. The minimum atomic E-state index is -0.0451. The number of rotatable bonds is 6. The van der Waals surface area contributed by atoms with E-state index in [9.17, 15) is 4.79 Å². The number of nitrogens with one attached hydrogen (secondary N) is 1. The minimum absolute atomic E-state index is 0.0451. The Morgan fingerprint density at radius 2 is 1.72 bits per heavy atom. The zero-order valence-electron chi connectivity index (χ0n) is 18.3. The molecule has 2 aliphatic heterocycles. The number of benzene rings is 2. The molecule has 3 aliphatic rings. The van der Waals surface area contributed by atoms with Crippen LogP contribution in [0.2, 0.25) is 0 Å². The number of amides is 1. The van der Waals surface area contributed by atoms with Crippen molar-refractivity contribution in [1.82, 2.24) is 20.0 Å². The van der Waals surface area contributed by atoms with Crippen LogP contribution in [0.1, 0.15) is 41.7 Å². The van der Waals surface area contributed by atoms with Crippen LogP contribution in [-0.2, 0) is 17.8 Å². The molecule has 3 aromatic rings. The van der Waals surface area contributed by atoms with Gasteiger partial charge in [0.2, 0.25) is 0 Å². The quantitative estimate of drug-likeness (QED) is 0.649. The molecule has 166 valence electrons. The van der Waals surface area contributed by atoms with Crippen LogP contribution >= 0.6 is 0 Å². The van der Waals surface area contributed by atoms with Crippen molar-refractivity contribution in [3.63, 3.8) is 0 Å². The average Bonchev–Trinajstić information content (AvgIpc) is 3.54. The molecular weight excluding hydrogens is 400 g/mol. The van der Waals surface area contributed by atoms with E-state index in [1.54, 1.807) is 0 Å². The first-order valence-electron chi connectivity index (χ1n) is 11.9. The Hall–Kier alpha value is -2.70. The molecule has 1 N–H and O–H groups in total. The molecule has 2 bridgehead atoms. The summed E-state index contributed by atoms with van der Waals surface area (Å²) in [5, 5.41) is 9.03. The number of nitrogens with zero attached hydrogens (tertiary/aromatic N) is 3. The van der Waals surface area contributed by atoms with Crippen molar-refractivity contribution < 1.29 is 9.53 Å². The molecule has 6 nitrogen and oxygen atoms in total. The molecule has 6 heteroatoms. The summed E-state index contributed by atoms with van der Waals surface area (Å²) in [6, 6.07) is 19.6. The normalized spacial score (nSPS) is 25.7. The topological polar surface area (TPSA) is 59.4 Å². The summed E-state index contributed by atoms with van der Waals surface area (Å²) < 4.78 is 7.91. The van der Waals surface area contributed by atoms with E-state index < -0.39 is 0 Å². The molecule has 0 radical (unpaired) electrons. The highest BCUT2D eigenvalue weighted by Gasteiger charge is 2.39. The fourth-order valence-electron chi connectivity index (χ4n) is 5.39. The third kappa shape index (κ3) is 3.93. The molecular formula is C26H30N4O2. The predicted molar refractivity (Wildman–Crippen MR) is 123 cm³/mol. The summed E-state index contributed by atoms with van der Waals surface area (Å²) in [6.07, 6.45) is 4.36. The number of piperidine rings is 1. The Kier molecular flexibility index (Phi) is 5.20. The smallest absolute Gasteiger partial charge is 0.272 e. The molecule has 3 fully saturated rings. The number of aromatic nitrogens is 2. The number of hydrogen-bond acceptors (Lipinski definition) is 4. The third-order valence-corrected chi connectivity index (χ3v) is 7.22. The molecule has 3 atom stereocenters. The molecule has 0 spiro atoms. The summed E-state index contributed by atoms with van der Waals surface area (Å²) in [5.41, 5.74) is 2.96. The van der Waals surface area contributed by atoms with Crippen LogP contribution in [0.3, 0.4) is 0 Å². The van der Waals surface area contributed by atoms with E-state index in [4.69, 9.17) is 9.84 Å². The molecule has 32 heavy (non-hydrogen) atoms. The van der Waals surface area contributed by atoms with Gasteiger partial charge < -0.3 is 10.1 Å². The first-order chi connectivity index (χ1) is 15.7. The SMILES string of the molecule is O=C(N[C@H]1C[C@H]2COC[C@@H](C1)N2Cc1ccccc1)c1nn(CC2CC2)c2ccccc12. The Morgan fingerprint density at radius 3 is 2.47 bits per heavy atom. The van der Waals surface area contributed by atoms with Gasteiger partial charge in [0.15, 0.2) is 5.69 Å². The highest BCUT2D eigenvalue weighted by atomic mass is 16.5. The van der Waals surface area contributed by atoms with Gasteiger partial charge in [-0.3, -0.25) is 14.4 Å². The maximum Gasteiger partial charge on any atom is 0.272 e. The molecule has 1 saturated carbocycles. The standard InChI is InChI=1S/C26H30N4O2/c31-26(25-23-8-4-5-9-24(23)30(28-25)15-19-10-11-19)27-20-12-21-16-32-17-22(13-20)29(21)14-18-6-2-1-3-7-18/h1-9,19-22H,10-17H2,(H,27,31)/t20-,21-,22+. The molecule has 1 amide bonds. The van der Waals surface area contributed by atoms with Crippen molar-refractivity contribution in [2.75, 3.05) is 13.2 Å². The zero-order chi connectivity index (χ0) is 21.5. The number of ether oxygens (including phenoxy) is 1. The molecule has 2 aromatic carbocycles. The lowest BCUT2D eigenvalue weighted by molar-refractivity contribution is -0.0843. The number of hydrogen-bond donors (Lipinski definition) is 1. The number of carbonyl (C=O) groups is 1. The second kappa shape index (κ2) is 8.34. The van der Waals surface area contributed by atoms with Gasteiger partial charge in [0.25, 0.3) is 5.91 Å². The first-order valence-corrected chi connectivity index (χ1v) is 11.9. The number of para-hydroxylation sites is 1. The highest BCUT2D eigenvalue weighted by Crippen LogP contribution is 2.33. The van der Waals surface area contributed by atoms with Gasteiger partial charge in [-0.15, -0.1) is 0 Å². The Balaban J connectivity index is 1.18. The monoisotopic (exact) mass is 430 g/mol. The van der Waals surface area contributed by atoms with Crippen molar-refractivity contribution in [3.05, 3.63) is 65.9 Å². The fraction of sp³-hybridized carbons (Fsp3) is 0.462. The Morgan fingerprint density at radius 1 is 1.00 bits per heavy atom. The molecule has 3 heterocycles. The zero-order valence-corrected chi connectivity index (χ0v) is 18.3. The Labute approximate surface area is 188 Å². The van der Waals surface area contributed by atoms with E-state index in [-0.39, 0.29) is 11.9 Å². The van der Waals surface area contributed by atoms with Crippen LogP contribution in [0, 0.1) is 5.92 Å². The second-order valence-corrected chi connectivity index (χ2v) is 9.64. The average molecular weight is 431 g/mol. The maximum absolute atomic E-state index is 13.3. The van der Waals surface area contributed by atoms with Gasteiger partial charge in [-0.1, -0.05) is 48.5 Å². The number of fused-ring (bicyclic) bond motifs is 3. The Bertz CT molecular complexity index is 1090. The molecule has 6 rings (SSSR count). The van der Waals surface area contributed by atoms with Gasteiger partial charge in [-0.05, 0) is 43.2 Å².